The lowest BCUT2D eigenvalue weighted by Gasteiger charge is -2.15. The number of hydrogen-bond acceptors (Lipinski definition) is 6. The van der Waals surface area contributed by atoms with Crippen molar-refractivity contribution >= 4 is 23.1 Å². The van der Waals surface area contributed by atoms with Crippen LogP contribution in [-0.4, -0.2) is 34.9 Å². The van der Waals surface area contributed by atoms with Crippen LogP contribution in [0.3, 0.4) is 0 Å². The lowest BCUT2D eigenvalue weighted by molar-refractivity contribution is -0.384. The van der Waals surface area contributed by atoms with Gasteiger partial charge in [0.2, 0.25) is 5.91 Å². The Morgan fingerprint density at radius 3 is 2.59 bits per heavy atom. The third-order valence-electron chi connectivity index (χ3n) is 2.90. The van der Waals surface area contributed by atoms with E-state index < -0.39 is 4.92 Å². The van der Waals surface area contributed by atoms with Crippen LogP contribution in [0.2, 0.25) is 0 Å². The number of nitro benzene ring substituents is 1. The minimum absolute atomic E-state index is 0.00416. The lowest BCUT2D eigenvalue weighted by Crippen LogP contribution is -2.19. The Hall–Kier alpha value is -3.03. The van der Waals surface area contributed by atoms with Gasteiger partial charge in [-0.2, -0.15) is 0 Å². The number of carbonyl (C=O) groups is 1. The Morgan fingerprint density at radius 1 is 1.32 bits per heavy atom. The van der Waals surface area contributed by atoms with Gasteiger partial charge >= 0.3 is 0 Å². The predicted octanol–water partition coefficient (Wildman–Crippen LogP) is 1.63. The number of nitrogens with zero attached hydrogens (tertiary/aromatic N) is 4. The minimum atomic E-state index is -0.478. The van der Waals surface area contributed by atoms with Crippen molar-refractivity contribution in [2.75, 3.05) is 24.3 Å². The zero-order valence-corrected chi connectivity index (χ0v) is 12.2. The Kier molecular flexibility index (Phi) is 4.62. The topological polar surface area (TPSA) is 101 Å². The van der Waals surface area contributed by atoms with Gasteiger partial charge in [0, 0.05) is 26.2 Å². The van der Waals surface area contributed by atoms with Gasteiger partial charge in [0.15, 0.2) is 5.82 Å². The molecular formula is C14H15N5O3. The highest BCUT2D eigenvalue weighted by Crippen LogP contribution is 2.19. The predicted molar refractivity (Wildman–Crippen MR) is 81.8 cm³/mol. The summed E-state index contributed by atoms with van der Waals surface area (Å²) in [7, 11) is 3.63. The Bertz CT molecular complexity index is 685. The molecule has 2 aromatic rings. The van der Waals surface area contributed by atoms with Crippen LogP contribution in [0, 0.1) is 10.1 Å². The lowest BCUT2D eigenvalue weighted by atomic mass is 10.1. The van der Waals surface area contributed by atoms with Crippen molar-refractivity contribution in [3.05, 3.63) is 52.5 Å². The van der Waals surface area contributed by atoms with E-state index in [1.165, 1.54) is 24.7 Å². The van der Waals surface area contributed by atoms with E-state index in [0.717, 1.165) is 0 Å². The average molecular weight is 301 g/mol. The van der Waals surface area contributed by atoms with Gasteiger partial charge in [0.1, 0.15) is 12.0 Å². The second kappa shape index (κ2) is 6.61. The average Bonchev–Trinajstić information content (AvgIpc) is 2.48. The molecule has 1 heterocycles. The van der Waals surface area contributed by atoms with Crippen LogP contribution in [0.1, 0.15) is 5.56 Å². The number of aromatic nitrogens is 2. The molecule has 0 aliphatic rings. The summed E-state index contributed by atoms with van der Waals surface area (Å²) < 4.78 is 0. The molecule has 0 saturated heterocycles. The number of hydrogen-bond donors (Lipinski definition) is 1. The standard InChI is InChI=1S/C14H15N5O3/c1-18(2)14-12(8-15-9-16-14)17-13(20)7-10-3-5-11(6-4-10)19(21)22/h3-6,8-9H,7H2,1-2H3,(H,17,20). The SMILES string of the molecule is CN(C)c1ncncc1NC(=O)Cc1ccc([N+](=O)[O-])cc1. The van der Waals surface area contributed by atoms with E-state index in [1.54, 1.807) is 17.0 Å². The summed E-state index contributed by atoms with van der Waals surface area (Å²) in [5, 5.41) is 13.3. The smallest absolute Gasteiger partial charge is 0.269 e. The Morgan fingerprint density at radius 2 is 2.00 bits per heavy atom. The van der Waals surface area contributed by atoms with Gasteiger partial charge in [-0.25, -0.2) is 9.97 Å². The minimum Gasteiger partial charge on any atom is -0.361 e. The molecule has 2 rings (SSSR count). The van der Waals surface area contributed by atoms with E-state index in [0.29, 0.717) is 17.1 Å². The highest BCUT2D eigenvalue weighted by Gasteiger charge is 2.11. The van der Waals surface area contributed by atoms with Gasteiger partial charge in [-0.05, 0) is 5.56 Å². The number of anilines is 2. The summed E-state index contributed by atoms with van der Waals surface area (Å²) in [6.45, 7) is 0. The number of nitrogens with one attached hydrogen (secondary N) is 1. The molecule has 1 amide bonds. The molecule has 0 bridgehead atoms. The highest BCUT2D eigenvalue weighted by molar-refractivity contribution is 5.94. The van der Waals surface area contributed by atoms with Gasteiger partial charge in [-0.15, -0.1) is 0 Å². The largest absolute Gasteiger partial charge is 0.361 e. The van der Waals surface area contributed by atoms with Crippen LogP contribution in [0.25, 0.3) is 0 Å². The maximum atomic E-state index is 12.1. The van der Waals surface area contributed by atoms with E-state index in [4.69, 9.17) is 0 Å². The first-order valence-electron chi connectivity index (χ1n) is 6.48. The molecule has 0 atom stereocenters. The van der Waals surface area contributed by atoms with Gasteiger partial charge in [0.05, 0.1) is 17.5 Å². The zero-order valence-electron chi connectivity index (χ0n) is 12.2. The van der Waals surface area contributed by atoms with Crippen LogP contribution in [0.4, 0.5) is 17.2 Å². The van der Waals surface area contributed by atoms with Crippen LogP contribution < -0.4 is 10.2 Å². The molecule has 0 unspecified atom stereocenters. The van der Waals surface area contributed by atoms with E-state index in [2.05, 4.69) is 15.3 Å². The molecule has 8 nitrogen and oxygen atoms in total. The molecule has 0 saturated carbocycles. The van der Waals surface area contributed by atoms with Crippen molar-refractivity contribution in [3.8, 4) is 0 Å². The number of nitro groups is 1. The third-order valence-corrected chi connectivity index (χ3v) is 2.90. The van der Waals surface area contributed by atoms with Gasteiger partial charge < -0.3 is 10.2 Å². The normalized spacial score (nSPS) is 10.1. The van der Waals surface area contributed by atoms with Crippen molar-refractivity contribution in [1.29, 1.82) is 0 Å². The molecule has 1 aromatic carbocycles. The van der Waals surface area contributed by atoms with Gasteiger partial charge in [0.25, 0.3) is 5.69 Å². The number of rotatable bonds is 5. The van der Waals surface area contributed by atoms with E-state index in [9.17, 15) is 14.9 Å². The van der Waals surface area contributed by atoms with E-state index >= 15 is 0 Å². The first kappa shape index (κ1) is 15.4. The van der Waals surface area contributed by atoms with E-state index in [1.807, 2.05) is 14.1 Å². The van der Waals surface area contributed by atoms with Crippen LogP contribution in [0.5, 0.6) is 0 Å². The summed E-state index contributed by atoms with van der Waals surface area (Å²) in [5.74, 6) is 0.360. The molecule has 0 spiro atoms. The van der Waals surface area contributed by atoms with Crippen LogP contribution >= 0.6 is 0 Å². The van der Waals surface area contributed by atoms with Crippen molar-refractivity contribution < 1.29 is 9.72 Å². The molecule has 0 radical (unpaired) electrons. The monoisotopic (exact) mass is 301 g/mol. The molecule has 22 heavy (non-hydrogen) atoms. The first-order chi connectivity index (χ1) is 10.5. The second-order valence-corrected chi connectivity index (χ2v) is 4.80. The number of carbonyl (C=O) groups excluding carboxylic acids is 1. The second-order valence-electron chi connectivity index (χ2n) is 4.80. The number of non-ortho nitro benzene ring substituents is 1. The quantitative estimate of drug-likeness (QED) is 0.665. The summed E-state index contributed by atoms with van der Waals surface area (Å²) in [4.78, 5) is 31.9. The highest BCUT2D eigenvalue weighted by atomic mass is 16.6. The van der Waals surface area contributed by atoms with E-state index in [-0.39, 0.29) is 18.0 Å². The van der Waals surface area contributed by atoms with Gasteiger partial charge in [-0.1, -0.05) is 12.1 Å². The van der Waals surface area contributed by atoms with Crippen molar-refractivity contribution in [2.45, 2.75) is 6.42 Å². The fourth-order valence-corrected chi connectivity index (χ4v) is 1.88. The molecule has 1 aromatic heterocycles. The fraction of sp³-hybridized carbons (Fsp3) is 0.214. The maximum absolute atomic E-state index is 12.1. The number of amides is 1. The summed E-state index contributed by atoms with van der Waals surface area (Å²) >= 11 is 0. The molecule has 0 fully saturated rings. The van der Waals surface area contributed by atoms with Crippen molar-refractivity contribution in [2.24, 2.45) is 0 Å². The Labute approximate surface area is 127 Å². The molecule has 0 aliphatic heterocycles. The molecule has 0 aliphatic carbocycles. The first-order valence-corrected chi connectivity index (χ1v) is 6.48. The molecule has 1 N–H and O–H groups in total. The van der Waals surface area contributed by atoms with Crippen LogP contribution in [0.15, 0.2) is 36.8 Å². The zero-order chi connectivity index (χ0) is 16.1. The van der Waals surface area contributed by atoms with Gasteiger partial charge in [-0.3, -0.25) is 14.9 Å². The summed E-state index contributed by atoms with van der Waals surface area (Å²) in [6.07, 6.45) is 3.04. The van der Waals surface area contributed by atoms with Crippen molar-refractivity contribution in [3.63, 3.8) is 0 Å². The van der Waals surface area contributed by atoms with Crippen molar-refractivity contribution in [1.82, 2.24) is 9.97 Å². The molecule has 114 valence electrons. The number of benzene rings is 1. The third kappa shape index (κ3) is 3.75. The summed E-state index contributed by atoms with van der Waals surface area (Å²) in [6, 6.07) is 5.87. The summed E-state index contributed by atoms with van der Waals surface area (Å²) in [5.41, 5.74) is 1.20. The van der Waals surface area contributed by atoms with Crippen LogP contribution in [-0.2, 0) is 11.2 Å². The molecular weight excluding hydrogens is 286 g/mol. The Balaban J connectivity index is 2.06. The maximum Gasteiger partial charge on any atom is 0.269 e. The fourth-order valence-electron chi connectivity index (χ4n) is 1.88. The molecule has 8 heteroatoms.